The maximum Gasteiger partial charge on any atom is 0.251 e. The van der Waals surface area contributed by atoms with E-state index in [1.165, 1.54) is 6.07 Å². The molecular formula is C16H14F2N2O3. The second-order valence-electron chi connectivity index (χ2n) is 4.83. The summed E-state index contributed by atoms with van der Waals surface area (Å²) in [7, 11) is 0. The van der Waals surface area contributed by atoms with Crippen molar-refractivity contribution >= 4 is 17.5 Å². The lowest BCUT2D eigenvalue weighted by Crippen LogP contribution is -2.33. The minimum atomic E-state index is -1.15. The topological polar surface area (TPSA) is 78.4 Å². The lowest BCUT2D eigenvalue weighted by atomic mass is 10.2. The number of benzene rings is 2. The van der Waals surface area contributed by atoms with Gasteiger partial charge in [-0.2, -0.15) is 0 Å². The van der Waals surface area contributed by atoms with Gasteiger partial charge in [-0.05, 0) is 36.8 Å². The van der Waals surface area contributed by atoms with Crippen LogP contribution in [0.25, 0.3) is 0 Å². The van der Waals surface area contributed by atoms with E-state index in [1.54, 1.807) is 19.1 Å². The minimum absolute atomic E-state index is 0.0923. The Bertz CT molecular complexity index is 743. The van der Waals surface area contributed by atoms with Gasteiger partial charge >= 0.3 is 0 Å². The fourth-order valence-electron chi connectivity index (χ4n) is 1.90. The normalized spacial score (nSPS) is 10.2. The Morgan fingerprint density at radius 1 is 1.13 bits per heavy atom. The number of hydrogen-bond donors (Lipinski definition) is 3. The molecule has 0 aliphatic rings. The largest absolute Gasteiger partial charge is 0.506 e. The van der Waals surface area contributed by atoms with Gasteiger partial charge in [0.15, 0.2) is 11.6 Å². The number of phenolic OH excluding ortho intramolecular Hbond substituents is 1. The molecule has 0 spiro atoms. The van der Waals surface area contributed by atoms with Gasteiger partial charge in [0, 0.05) is 5.56 Å². The number of anilines is 1. The lowest BCUT2D eigenvalue weighted by molar-refractivity contribution is -0.115. The zero-order valence-corrected chi connectivity index (χ0v) is 12.2. The zero-order valence-electron chi connectivity index (χ0n) is 12.2. The Labute approximate surface area is 130 Å². The SMILES string of the molecule is Cc1cccc(O)c1NC(=O)CNC(=O)c1ccc(F)c(F)c1. The Hall–Kier alpha value is -2.96. The first-order valence-electron chi connectivity index (χ1n) is 6.70. The van der Waals surface area contributed by atoms with Crippen molar-refractivity contribution in [1.29, 1.82) is 0 Å². The number of nitrogens with one attached hydrogen (secondary N) is 2. The van der Waals surface area contributed by atoms with E-state index in [0.29, 0.717) is 5.56 Å². The van der Waals surface area contributed by atoms with Gasteiger partial charge in [-0.1, -0.05) is 12.1 Å². The van der Waals surface area contributed by atoms with Gasteiger partial charge in [-0.25, -0.2) is 8.78 Å². The summed E-state index contributed by atoms with van der Waals surface area (Å²) < 4.78 is 25.9. The number of hydrogen-bond acceptors (Lipinski definition) is 3. The van der Waals surface area contributed by atoms with E-state index in [0.717, 1.165) is 18.2 Å². The molecular weight excluding hydrogens is 306 g/mol. The van der Waals surface area contributed by atoms with Crippen molar-refractivity contribution in [3.05, 3.63) is 59.2 Å². The van der Waals surface area contributed by atoms with Crippen LogP contribution in [0.2, 0.25) is 0 Å². The first-order valence-corrected chi connectivity index (χ1v) is 6.70. The standard InChI is InChI=1S/C16H14F2N2O3/c1-9-3-2-4-13(21)15(9)20-14(22)8-19-16(23)10-5-6-11(17)12(18)7-10/h2-7,21H,8H2,1H3,(H,19,23)(H,20,22). The molecule has 2 rings (SSSR count). The van der Waals surface area contributed by atoms with Crippen molar-refractivity contribution in [2.75, 3.05) is 11.9 Å². The average molecular weight is 320 g/mol. The van der Waals surface area contributed by atoms with E-state index < -0.39 is 23.4 Å². The predicted octanol–water partition coefficient (Wildman–Crippen LogP) is 2.35. The number of para-hydroxylation sites is 1. The third-order valence-corrected chi connectivity index (χ3v) is 3.11. The molecule has 7 heteroatoms. The van der Waals surface area contributed by atoms with Crippen molar-refractivity contribution in [3.63, 3.8) is 0 Å². The van der Waals surface area contributed by atoms with Crippen LogP contribution < -0.4 is 10.6 Å². The number of amides is 2. The molecule has 0 aliphatic heterocycles. The number of aryl methyl sites for hydroxylation is 1. The monoisotopic (exact) mass is 320 g/mol. The average Bonchev–Trinajstić information content (AvgIpc) is 2.51. The van der Waals surface area contributed by atoms with Gasteiger partial charge < -0.3 is 15.7 Å². The molecule has 2 aromatic rings. The molecule has 0 saturated carbocycles. The van der Waals surface area contributed by atoms with E-state index in [1.807, 2.05) is 0 Å². The maximum absolute atomic E-state index is 13.1. The van der Waals surface area contributed by atoms with Gasteiger partial charge in [0.1, 0.15) is 5.75 Å². The number of carbonyl (C=O) groups excluding carboxylic acids is 2. The second-order valence-corrected chi connectivity index (χ2v) is 4.83. The molecule has 0 radical (unpaired) electrons. The summed E-state index contributed by atoms with van der Waals surface area (Å²) >= 11 is 0. The Kier molecular flexibility index (Phi) is 4.90. The summed E-state index contributed by atoms with van der Waals surface area (Å²) in [5, 5.41) is 14.4. The number of rotatable bonds is 4. The predicted molar refractivity (Wildman–Crippen MR) is 80.2 cm³/mol. The summed E-state index contributed by atoms with van der Waals surface area (Å²) in [5.41, 5.74) is 0.806. The molecule has 0 unspecified atom stereocenters. The van der Waals surface area contributed by atoms with Gasteiger partial charge in [-0.3, -0.25) is 9.59 Å². The van der Waals surface area contributed by atoms with Crippen molar-refractivity contribution in [3.8, 4) is 5.75 Å². The Morgan fingerprint density at radius 2 is 1.87 bits per heavy atom. The van der Waals surface area contributed by atoms with Crippen LogP contribution in [0.4, 0.5) is 14.5 Å². The number of carbonyl (C=O) groups is 2. The lowest BCUT2D eigenvalue weighted by Gasteiger charge is -2.11. The molecule has 0 fully saturated rings. The zero-order chi connectivity index (χ0) is 17.0. The smallest absolute Gasteiger partial charge is 0.251 e. The van der Waals surface area contributed by atoms with Crippen LogP contribution in [-0.4, -0.2) is 23.5 Å². The third kappa shape index (κ3) is 4.03. The highest BCUT2D eigenvalue weighted by molar-refractivity contribution is 6.00. The summed E-state index contributed by atoms with van der Waals surface area (Å²) in [6.45, 7) is 1.32. The molecule has 23 heavy (non-hydrogen) atoms. The molecule has 120 valence electrons. The van der Waals surface area contributed by atoms with E-state index in [-0.39, 0.29) is 23.5 Å². The number of phenols is 1. The molecule has 5 nitrogen and oxygen atoms in total. The highest BCUT2D eigenvalue weighted by Gasteiger charge is 2.13. The summed E-state index contributed by atoms with van der Waals surface area (Å²) in [4.78, 5) is 23.6. The van der Waals surface area contributed by atoms with Gasteiger partial charge in [0.05, 0.1) is 12.2 Å². The van der Waals surface area contributed by atoms with Gasteiger partial charge in [0.25, 0.3) is 5.91 Å². The van der Waals surface area contributed by atoms with Gasteiger partial charge in [-0.15, -0.1) is 0 Å². The van der Waals surface area contributed by atoms with E-state index >= 15 is 0 Å². The maximum atomic E-state index is 13.1. The second kappa shape index (κ2) is 6.87. The molecule has 0 heterocycles. The summed E-state index contributed by atoms with van der Waals surface area (Å²) in [6, 6.07) is 7.44. The van der Waals surface area contributed by atoms with Crippen LogP contribution in [-0.2, 0) is 4.79 Å². The molecule has 3 N–H and O–H groups in total. The Morgan fingerprint density at radius 3 is 2.52 bits per heavy atom. The number of halogens is 2. The van der Waals surface area contributed by atoms with Crippen LogP contribution in [0, 0.1) is 18.6 Å². The van der Waals surface area contributed by atoms with E-state index in [4.69, 9.17) is 0 Å². The van der Waals surface area contributed by atoms with E-state index in [2.05, 4.69) is 10.6 Å². The molecule has 0 bridgehead atoms. The fraction of sp³-hybridized carbons (Fsp3) is 0.125. The molecule has 2 aromatic carbocycles. The molecule has 0 aromatic heterocycles. The van der Waals surface area contributed by atoms with Crippen LogP contribution >= 0.6 is 0 Å². The molecule has 0 atom stereocenters. The van der Waals surface area contributed by atoms with Crippen molar-refractivity contribution < 1.29 is 23.5 Å². The molecule has 2 amide bonds. The first kappa shape index (κ1) is 16.4. The number of aromatic hydroxyl groups is 1. The van der Waals surface area contributed by atoms with Crippen molar-refractivity contribution in [2.45, 2.75) is 6.92 Å². The minimum Gasteiger partial charge on any atom is -0.506 e. The summed E-state index contributed by atoms with van der Waals surface area (Å²) in [6.07, 6.45) is 0. The molecule has 0 aliphatic carbocycles. The van der Waals surface area contributed by atoms with Crippen molar-refractivity contribution in [2.24, 2.45) is 0 Å². The quantitative estimate of drug-likeness (QED) is 0.757. The van der Waals surface area contributed by atoms with Crippen LogP contribution in [0.3, 0.4) is 0 Å². The summed E-state index contributed by atoms with van der Waals surface area (Å²) in [5.74, 6) is -3.58. The van der Waals surface area contributed by atoms with Crippen LogP contribution in [0.15, 0.2) is 36.4 Å². The van der Waals surface area contributed by atoms with Gasteiger partial charge in [0.2, 0.25) is 5.91 Å². The third-order valence-electron chi connectivity index (χ3n) is 3.11. The Balaban J connectivity index is 1.96. The van der Waals surface area contributed by atoms with Crippen LogP contribution in [0.1, 0.15) is 15.9 Å². The first-order chi connectivity index (χ1) is 10.9. The van der Waals surface area contributed by atoms with E-state index in [9.17, 15) is 23.5 Å². The fourth-order valence-corrected chi connectivity index (χ4v) is 1.90. The van der Waals surface area contributed by atoms with Crippen molar-refractivity contribution in [1.82, 2.24) is 5.32 Å². The molecule has 0 saturated heterocycles. The highest BCUT2D eigenvalue weighted by Crippen LogP contribution is 2.26. The van der Waals surface area contributed by atoms with Crippen LogP contribution in [0.5, 0.6) is 5.75 Å². The highest BCUT2D eigenvalue weighted by atomic mass is 19.2.